The molecular formula is C19H19ClF4N2O2S. The number of alkyl halides is 3. The minimum absolute atomic E-state index is 0.217. The fraction of sp³-hybridized carbons (Fsp3) is 0.368. The first-order valence-corrected chi connectivity index (χ1v) is 10.8. The Hall–Kier alpha value is -1.68. The number of rotatable bonds is 5. The molecule has 158 valence electrons. The fourth-order valence-corrected chi connectivity index (χ4v) is 4.75. The van der Waals surface area contributed by atoms with Crippen LogP contribution in [-0.4, -0.2) is 32.4 Å². The number of benzene rings is 2. The first-order valence-electron chi connectivity index (χ1n) is 8.91. The van der Waals surface area contributed by atoms with Crippen molar-refractivity contribution in [2.24, 2.45) is 0 Å². The van der Waals surface area contributed by atoms with Gasteiger partial charge in [0, 0.05) is 36.3 Å². The second kappa shape index (κ2) is 8.59. The van der Waals surface area contributed by atoms with E-state index in [0.717, 1.165) is 24.3 Å². The van der Waals surface area contributed by atoms with Gasteiger partial charge in [-0.2, -0.15) is 13.2 Å². The van der Waals surface area contributed by atoms with E-state index in [1.165, 1.54) is 12.1 Å². The highest BCUT2D eigenvalue weighted by Gasteiger charge is 2.31. The van der Waals surface area contributed by atoms with Gasteiger partial charge in [-0.1, -0.05) is 17.7 Å². The highest BCUT2D eigenvalue weighted by molar-refractivity contribution is 7.89. The van der Waals surface area contributed by atoms with Crippen LogP contribution in [0.15, 0.2) is 47.4 Å². The van der Waals surface area contributed by atoms with E-state index >= 15 is 0 Å². The van der Waals surface area contributed by atoms with Gasteiger partial charge in [0.05, 0.1) is 10.5 Å². The molecule has 3 rings (SSSR count). The Morgan fingerprint density at radius 1 is 1.07 bits per heavy atom. The van der Waals surface area contributed by atoms with Gasteiger partial charge in [0.25, 0.3) is 0 Å². The molecule has 0 spiro atoms. The average Bonchev–Trinajstić information content (AvgIpc) is 2.65. The molecule has 0 bridgehead atoms. The highest BCUT2D eigenvalue weighted by atomic mass is 35.5. The van der Waals surface area contributed by atoms with Gasteiger partial charge in [0.1, 0.15) is 5.82 Å². The summed E-state index contributed by atoms with van der Waals surface area (Å²) in [5.41, 5.74) is -0.505. The van der Waals surface area contributed by atoms with Crippen molar-refractivity contribution in [3.63, 3.8) is 0 Å². The number of nitrogens with zero attached hydrogens (tertiary/aromatic N) is 1. The summed E-state index contributed by atoms with van der Waals surface area (Å²) in [7, 11) is -3.93. The number of nitrogens with one attached hydrogen (secondary N) is 1. The van der Waals surface area contributed by atoms with E-state index in [1.54, 1.807) is 6.07 Å². The summed E-state index contributed by atoms with van der Waals surface area (Å²) in [6.07, 6.45) is -3.54. The summed E-state index contributed by atoms with van der Waals surface area (Å²) in [4.78, 5) is 1.76. The van der Waals surface area contributed by atoms with Crippen LogP contribution in [0.2, 0.25) is 5.02 Å². The van der Waals surface area contributed by atoms with Crippen LogP contribution in [0.5, 0.6) is 0 Å². The molecule has 29 heavy (non-hydrogen) atoms. The summed E-state index contributed by atoms with van der Waals surface area (Å²) in [6, 6.07) is 7.51. The molecule has 1 saturated heterocycles. The van der Waals surface area contributed by atoms with Gasteiger partial charge in [0.2, 0.25) is 10.0 Å². The van der Waals surface area contributed by atoms with Gasteiger partial charge in [0.15, 0.2) is 0 Å². The van der Waals surface area contributed by atoms with Crippen molar-refractivity contribution in [3.8, 4) is 0 Å². The molecule has 1 aliphatic rings. The molecule has 0 aromatic heterocycles. The Kier molecular flexibility index (Phi) is 6.52. The van der Waals surface area contributed by atoms with Crippen molar-refractivity contribution in [1.29, 1.82) is 0 Å². The van der Waals surface area contributed by atoms with Crippen LogP contribution in [0.25, 0.3) is 0 Å². The maximum atomic E-state index is 13.9. The quantitative estimate of drug-likeness (QED) is 0.685. The lowest BCUT2D eigenvalue weighted by Gasteiger charge is -2.32. The second-order valence-corrected chi connectivity index (χ2v) is 9.02. The van der Waals surface area contributed by atoms with Gasteiger partial charge in [-0.05, 0) is 49.2 Å². The molecule has 0 radical (unpaired) electrons. The van der Waals surface area contributed by atoms with Crippen LogP contribution < -0.4 is 4.72 Å². The van der Waals surface area contributed by atoms with Gasteiger partial charge < -0.3 is 0 Å². The molecule has 0 unspecified atom stereocenters. The first-order chi connectivity index (χ1) is 13.6. The Morgan fingerprint density at radius 3 is 2.24 bits per heavy atom. The molecule has 0 atom stereocenters. The van der Waals surface area contributed by atoms with Crippen LogP contribution in [0, 0.1) is 5.82 Å². The lowest BCUT2D eigenvalue weighted by Crippen LogP contribution is -2.44. The summed E-state index contributed by atoms with van der Waals surface area (Å²) < 4.78 is 79.3. The van der Waals surface area contributed by atoms with Crippen LogP contribution in [0.3, 0.4) is 0 Å². The Labute approximate surface area is 171 Å². The monoisotopic (exact) mass is 450 g/mol. The minimum atomic E-state index is -4.52. The van der Waals surface area contributed by atoms with Crippen LogP contribution >= 0.6 is 11.6 Å². The zero-order valence-corrected chi connectivity index (χ0v) is 16.8. The lowest BCUT2D eigenvalue weighted by molar-refractivity contribution is -0.137. The van der Waals surface area contributed by atoms with E-state index in [4.69, 9.17) is 11.6 Å². The molecule has 2 aromatic rings. The maximum absolute atomic E-state index is 13.9. The molecule has 10 heteroatoms. The third-order valence-corrected chi connectivity index (χ3v) is 6.74. The number of likely N-dealkylation sites (tertiary alicyclic amines) is 1. The zero-order valence-electron chi connectivity index (χ0n) is 15.2. The molecule has 0 amide bonds. The smallest absolute Gasteiger partial charge is 0.299 e. The number of hydrogen-bond donors (Lipinski definition) is 1. The van der Waals surface area contributed by atoms with Gasteiger partial charge in [-0.3, -0.25) is 4.90 Å². The van der Waals surface area contributed by atoms with Crippen molar-refractivity contribution in [1.82, 2.24) is 9.62 Å². The average molecular weight is 451 g/mol. The zero-order chi connectivity index (χ0) is 21.2. The molecule has 0 aliphatic carbocycles. The van der Waals surface area contributed by atoms with Crippen molar-refractivity contribution in [3.05, 3.63) is 64.4 Å². The molecule has 1 heterocycles. The summed E-state index contributed by atoms with van der Waals surface area (Å²) in [5.74, 6) is -0.386. The van der Waals surface area contributed by atoms with E-state index in [-0.39, 0.29) is 16.8 Å². The third-order valence-electron chi connectivity index (χ3n) is 4.84. The van der Waals surface area contributed by atoms with Crippen molar-refractivity contribution >= 4 is 21.6 Å². The predicted molar refractivity (Wildman–Crippen MR) is 101 cm³/mol. The summed E-state index contributed by atoms with van der Waals surface area (Å²) >= 11 is 6.04. The van der Waals surface area contributed by atoms with E-state index < -0.39 is 21.8 Å². The second-order valence-electron chi connectivity index (χ2n) is 6.89. The van der Waals surface area contributed by atoms with Crippen LogP contribution in [-0.2, 0) is 22.7 Å². The van der Waals surface area contributed by atoms with Gasteiger partial charge >= 0.3 is 6.18 Å². The Balaban J connectivity index is 1.58. The number of hydrogen-bond acceptors (Lipinski definition) is 3. The molecule has 4 nitrogen and oxygen atoms in total. The number of piperidine rings is 1. The van der Waals surface area contributed by atoms with Gasteiger partial charge in [-0.15, -0.1) is 0 Å². The SMILES string of the molecule is O=S(=O)(NC1CCN(Cc2c(F)cccc2Cl)CC1)c1ccc(C(F)(F)F)cc1. The number of halogens is 5. The van der Waals surface area contributed by atoms with Crippen LogP contribution in [0.4, 0.5) is 17.6 Å². The topological polar surface area (TPSA) is 49.4 Å². The molecule has 1 aliphatic heterocycles. The normalized spacial score (nSPS) is 16.9. The van der Waals surface area contributed by atoms with Crippen molar-refractivity contribution in [2.45, 2.75) is 36.5 Å². The molecular weight excluding hydrogens is 432 g/mol. The van der Waals surface area contributed by atoms with E-state index in [0.29, 0.717) is 43.1 Å². The van der Waals surface area contributed by atoms with E-state index in [2.05, 4.69) is 4.72 Å². The maximum Gasteiger partial charge on any atom is 0.416 e. The van der Waals surface area contributed by atoms with Crippen LogP contribution in [0.1, 0.15) is 24.0 Å². The first kappa shape index (κ1) is 22.0. The van der Waals surface area contributed by atoms with E-state index in [1.807, 2.05) is 4.90 Å². The number of sulfonamides is 1. The Bertz CT molecular complexity index is 937. The van der Waals surface area contributed by atoms with Crippen molar-refractivity contribution < 1.29 is 26.0 Å². The highest BCUT2D eigenvalue weighted by Crippen LogP contribution is 2.30. The minimum Gasteiger partial charge on any atom is -0.299 e. The summed E-state index contributed by atoms with van der Waals surface area (Å²) in [6.45, 7) is 1.39. The third kappa shape index (κ3) is 5.48. The lowest BCUT2D eigenvalue weighted by atomic mass is 10.1. The van der Waals surface area contributed by atoms with E-state index in [9.17, 15) is 26.0 Å². The largest absolute Gasteiger partial charge is 0.416 e. The predicted octanol–water partition coefficient (Wildman–Crippen LogP) is 4.44. The molecule has 1 fully saturated rings. The van der Waals surface area contributed by atoms with Gasteiger partial charge in [-0.25, -0.2) is 17.5 Å². The fourth-order valence-electron chi connectivity index (χ4n) is 3.23. The molecule has 2 aromatic carbocycles. The Morgan fingerprint density at radius 2 is 1.69 bits per heavy atom. The van der Waals surface area contributed by atoms with Crippen molar-refractivity contribution in [2.75, 3.05) is 13.1 Å². The molecule has 1 N–H and O–H groups in total. The summed E-state index contributed by atoms with van der Waals surface area (Å²) in [5, 5.41) is 0.343. The standard InChI is InChI=1S/C19H19ClF4N2O2S/c20-17-2-1-3-18(21)16(17)12-26-10-8-14(9-11-26)25-29(27,28)15-6-4-13(5-7-15)19(22,23)24/h1-7,14,25H,8-12H2. The molecule has 0 saturated carbocycles.